The van der Waals surface area contributed by atoms with Crippen LogP contribution in [0.4, 0.5) is 5.69 Å². The maximum Gasteiger partial charge on any atom is 0.242 e. The Balaban J connectivity index is 2.19. The van der Waals surface area contributed by atoms with Gasteiger partial charge in [0.1, 0.15) is 6.04 Å². The Labute approximate surface area is 204 Å². The van der Waals surface area contributed by atoms with Gasteiger partial charge in [-0.1, -0.05) is 48.9 Å². The summed E-state index contributed by atoms with van der Waals surface area (Å²) in [5, 5.41) is 2.83. The Morgan fingerprint density at radius 1 is 1.00 bits per heavy atom. The monoisotopic (exact) mass is 487 g/mol. The van der Waals surface area contributed by atoms with Gasteiger partial charge in [0, 0.05) is 26.1 Å². The molecule has 7 nitrogen and oxygen atoms in total. The molecule has 2 amide bonds. The normalized spacial score (nSPS) is 12.1. The predicted molar refractivity (Wildman–Crippen MR) is 137 cm³/mol. The van der Waals surface area contributed by atoms with Crippen molar-refractivity contribution in [3.05, 3.63) is 65.2 Å². The minimum absolute atomic E-state index is 0.138. The zero-order valence-electron chi connectivity index (χ0n) is 20.9. The average Bonchev–Trinajstić information content (AvgIpc) is 2.77. The molecule has 2 aromatic carbocycles. The third-order valence-electron chi connectivity index (χ3n) is 5.65. The molecule has 1 N–H and O–H groups in total. The Morgan fingerprint density at radius 3 is 2.24 bits per heavy atom. The van der Waals surface area contributed by atoms with E-state index in [4.69, 9.17) is 0 Å². The van der Waals surface area contributed by atoms with Gasteiger partial charge in [-0.15, -0.1) is 0 Å². The number of likely N-dealkylation sites (N-methyl/N-ethyl adjacent to an activating group) is 1. The fourth-order valence-electron chi connectivity index (χ4n) is 3.89. The number of rotatable bonds is 12. The zero-order valence-corrected chi connectivity index (χ0v) is 21.7. The highest BCUT2D eigenvalue weighted by Gasteiger charge is 2.28. The molecule has 2 rings (SSSR count). The summed E-state index contributed by atoms with van der Waals surface area (Å²) in [6.07, 6.45) is 2.14. The number of amides is 2. The molecular formula is C26H37N3O4S. The van der Waals surface area contributed by atoms with E-state index in [-0.39, 0.29) is 24.8 Å². The zero-order chi connectivity index (χ0) is 25.3. The van der Waals surface area contributed by atoms with Crippen molar-refractivity contribution >= 4 is 27.5 Å². The molecule has 34 heavy (non-hydrogen) atoms. The van der Waals surface area contributed by atoms with Crippen LogP contribution >= 0.6 is 0 Å². The van der Waals surface area contributed by atoms with E-state index in [2.05, 4.69) is 5.32 Å². The number of hydrogen-bond donors (Lipinski definition) is 1. The summed E-state index contributed by atoms with van der Waals surface area (Å²) in [6, 6.07) is 14.6. The number of sulfonamides is 1. The van der Waals surface area contributed by atoms with E-state index in [1.54, 1.807) is 11.0 Å². The highest BCUT2D eigenvalue weighted by molar-refractivity contribution is 7.92. The van der Waals surface area contributed by atoms with Crippen LogP contribution in [0.3, 0.4) is 0 Å². The van der Waals surface area contributed by atoms with Crippen LogP contribution in [0.5, 0.6) is 0 Å². The quantitative estimate of drug-likeness (QED) is 0.493. The second-order valence-corrected chi connectivity index (χ2v) is 10.5. The van der Waals surface area contributed by atoms with Gasteiger partial charge in [-0.25, -0.2) is 8.42 Å². The van der Waals surface area contributed by atoms with Crippen LogP contribution < -0.4 is 9.62 Å². The first-order valence-electron chi connectivity index (χ1n) is 11.7. The molecule has 0 aliphatic rings. The van der Waals surface area contributed by atoms with E-state index in [1.165, 1.54) is 10.6 Å². The molecule has 2 aromatic rings. The second-order valence-electron chi connectivity index (χ2n) is 8.60. The third kappa shape index (κ3) is 7.87. The molecule has 186 valence electrons. The third-order valence-corrected chi connectivity index (χ3v) is 6.85. The van der Waals surface area contributed by atoms with Gasteiger partial charge < -0.3 is 10.2 Å². The summed E-state index contributed by atoms with van der Waals surface area (Å²) in [6.45, 7) is 8.63. The molecule has 0 saturated heterocycles. The summed E-state index contributed by atoms with van der Waals surface area (Å²) < 4.78 is 26.2. The van der Waals surface area contributed by atoms with Crippen molar-refractivity contribution in [3.8, 4) is 0 Å². The summed E-state index contributed by atoms with van der Waals surface area (Å²) in [7, 11) is -3.50. The predicted octanol–water partition coefficient (Wildman–Crippen LogP) is 3.79. The number of carbonyl (C=O) groups is 2. The van der Waals surface area contributed by atoms with E-state index >= 15 is 0 Å². The Kier molecular flexibility index (Phi) is 10.1. The van der Waals surface area contributed by atoms with E-state index in [9.17, 15) is 18.0 Å². The van der Waals surface area contributed by atoms with Crippen LogP contribution in [0.2, 0.25) is 0 Å². The maximum atomic E-state index is 13.3. The van der Waals surface area contributed by atoms with Gasteiger partial charge in [-0.2, -0.15) is 0 Å². The van der Waals surface area contributed by atoms with Crippen molar-refractivity contribution in [2.45, 2.75) is 59.5 Å². The van der Waals surface area contributed by atoms with Gasteiger partial charge in [-0.05, 0) is 56.9 Å². The number of aryl methyl sites for hydroxylation is 2. The fourth-order valence-corrected chi connectivity index (χ4v) is 4.85. The van der Waals surface area contributed by atoms with E-state index < -0.39 is 16.1 Å². The molecule has 1 atom stereocenters. The minimum atomic E-state index is -3.50. The lowest BCUT2D eigenvalue weighted by molar-refractivity contribution is -0.141. The lowest BCUT2D eigenvalue weighted by atomic mass is 10.1. The number of benzene rings is 2. The molecule has 8 heteroatoms. The number of nitrogens with zero attached hydrogens (tertiary/aromatic N) is 2. The molecule has 0 aromatic heterocycles. The maximum absolute atomic E-state index is 13.3. The van der Waals surface area contributed by atoms with E-state index in [1.807, 2.05) is 70.2 Å². The van der Waals surface area contributed by atoms with Crippen molar-refractivity contribution in [1.82, 2.24) is 10.2 Å². The van der Waals surface area contributed by atoms with Crippen LogP contribution in [0, 0.1) is 13.8 Å². The highest BCUT2D eigenvalue weighted by atomic mass is 32.2. The molecule has 0 bridgehead atoms. The van der Waals surface area contributed by atoms with Gasteiger partial charge >= 0.3 is 0 Å². The van der Waals surface area contributed by atoms with Crippen LogP contribution in [-0.2, 0) is 26.2 Å². The highest BCUT2D eigenvalue weighted by Crippen LogP contribution is 2.20. The van der Waals surface area contributed by atoms with Crippen molar-refractivity contribution in [1.29, 1.82) is 0 Å². The molecule has 0 spiro atoms. The first kappa shape index (κ1) is 27.4. The minimum Gasteiger partial charge on any atom is -0.355 e. The summed E-state index contributed by atoms with van der Waals surface area (Å²) in [5.74, 6) is -0.348. The number of anilines is 1. The topological polar surface area (TPSA) is 86.8 Å². The van der Waals surface area contributed by atoms with E-state index in [0.29, 0.717) is 31.6 Å². The van der Waals surface area contributed by atoms with Crippen molar-refractivity contribution in [3.63, 3.8) is 0 Å². The molecule has 0 radical (unpaired) electrons. The van der Waals surface area contributed by atoms with Gasteiger partial charge in [0.05, 0.1) is 11.9 Å². The van der Waals surface area contributed by atoms with Crippen molar-refractivity contribution < 1.29 is 18.0 Å². The van der Waals surface area contributed by atoms with Crippen LogP contribution in [0.1, 0.15) is 49.8 Å². The fraction of sp³-hybridized carbons (Fsp3) is 0.462. The molecule has 0 heterocycles. The lowest BCUT2D eigenvalue weighted by Crippen LogP contribution is -2.49. The second kappa shape index (κ2) is 12.6. The molecule has 0 unspecified atom stereocenters. The summed E-state index contributed by atoms with van der Waals surface area (Å²) in [4.78, 5) is 27.6. The van der Waals surface area contributed by atoms with Crippen molar-refractivity contribution in [2.24, 2.45) is 0 Å². The molecule has 0 aliphatic carbocycles. The number of hydrogen-bond acceptors (Lipinski definition) is 4. The number of carbonyl (C=O) groups excluding carboxylic acids is 2. The van der Waals surface area contributed by atoms with Gasteiger partial charge in [0.25, 0.3) is 0 Å². The smallest absolute Gasteiger partial charge is 0.242 e. The molecule has 0 fully saturated rings. The van der Waals surface area contributed by atoms with Crippen LogP contribution in [0.15, 0.2) is 48.5 Å². The van der Waals surface area contributed by atoms with Gasteiger partial charge in [-0.3, -0.25) is 13.9 Å². The van der Waals surface area contributed by atoms with E-state index in [0.717, 1.165) is 16.7 Å². The Morgan fingerprint density at radius 2 is 1.68 bits per heavy atom. The van der Waals surface area contributed by atoms with Gasteiger partial charge in [0.15, 0.2) is 0 Å². The molecule has 0 saturated carbocycles. The Bertz CT molecular complexity index is 1070. The van der Waals surface area contributed by atoms with Crippen LogP contribution in [-0.4, -0.2) is 50.5 Å². The average molecular weight is 488 g/mol. The molecular weight excluding hydrogens is 450 g/mol. The lowest BCUT2D eigenvalue weighted by Gasteiger charge is -2.31. The largest absolute Gasteiger partial charge is 0.355 e. The number of nitrogens with one attached hydrogen (secondary N) is 1. The van der Waals surface area contributed by atoms with Gasteiger partial charge in [0.2, 0.25) is 21.8 Å². The first-order valence-corrected chi connectivity index (χ1v) is 13.6. The Hall–Kier alpha value is -2.87. The molecule has 0 aliphatic heterocycles. The van der Waals surface area contributed by atoms with Crippen molar-refractivity contribution in [2.75, 3.05) is 23.7 Å². The summed E-state index contributed by atoms with van der Waals surface area (Å²) in [5.41, 5.74) is 3.60. The summed E-state index contributed by atoms with van der Waals surface area (Å²) >= 11 is 0. The first-order chi connectivity index (χ1) is 16.1. The SMILES string of the molecule is CCNC(=O)[C@H](CC)N(Cc1ccc(C)cc1)C(=O)CCCN(c1cccc(C)c1)S(C)(=O)=O. The standard InChI is InChI=1S/C26H37N3O4S/c1-6-24(26(31)27-7-2)28(19-22-15-13-20(3)14-16-22)25(30)12-9-17-29(34(5,32)33)23-11-8-10-21(4)18-23/h8,10-11,13-16,18,24H,6-7,9,12,17,19H2,1-5H3,(H,27,31)/t24-/m0/s1. The van der Waals surface area contributed by atoms with Crippen LogP contribution in [0.25, 0.3) is 0 Å².